The van der Waals surface area contributed by atoms with Gasteiger partial charge in [-0.25, -0.2) is 0 Å². The molecule has 0 saturated heterocycles. The number of allylic oxidation sites excluding steroid dienone is 8. The van der Waals surface area contributed by atoms with E-state index >= 15 is 0 Å². The van der Waals surface area contributed by atoms with Crippen molar-refractivity contribution in [3.63, 3.8) is 0 Å². The first-order chi connectivity index (χ1) is 40.0. The molecule has 0 aromatic rings. The van der Waals surface area contributed by atoms with E-state index in [-0.39, 0.29) is 32.0 Å². The second kappa shape index (κ2) is 63.5. The molecule has 0 saturated carbocycles. The van der Waals surface area contributed by atoms with Crippen LogP contribution in [0.3, 0.4) is 0 Å². The monoisotopic (exact) mass is 1170 g/mol. The molecule has 0 aliphatic rings. The lowest BCUT2D eigenvalue weighted by atomic mass is 10.0. The Kier molecular flexibility index (Phi) is 61.9. The minimum atomic E-state index is -4.64. The van der Waals surface area contributed by atoms with Gasteiger partial charge in [0.05, 0.1) is 27.7 Å². The van der Waals surface area contributed by atoms with Crippen LogP contribution in [0, 0.1) is 0 Å². The smallest absolute Gasteiger partial charge is 0.306 e. The molecule has 0 bridgehead atoms. The lowest BCUT2D eigenvalue weighted by Crippen LogP contribution is -2.37. The molecule has 0 aromatic carbocycles. The van der Waals surface area contributed by atoms with E-state index < -0.39 is 26.5 Å². The fourth-order valence-corrected chi connectivity index (χ4v) is 11.1. The average Bonchev–Trinajstić information content (AvgIpc) is 3.45. The van der Waals surface area contributed by atoms with Crippen molar-refractivity contribution in [2.45, 2.75) is 354 Å². The fourth-order valence-electron chi connectivity index (χ4n) is 10.4. The van der Waals surface area contributed by atoms with Crippen LogP contribution < -0.4 is 4.89 Å². The van der Waals surface area contributed by atoms with Crippen molar-refractivity contribution < 1.29 is 42.1 Å². The van der Waals surface area contributed by atoms with Gasteiger partial charge in [0.25, 0.3) is 7.82 Å². The highest BCUT2D eigenvalue weighted by Gasteiger charge is 2.22. The van der Waals surface area contributed by atoms with E-state index in [4.69, 9.17) is 18.5 Å². The third-order valence-electron chi connectivity index (χ3n) is 15.8. The van der Waals surface area contributed by atoms with Crippen LogP contribution >= 0.6 is 7.82 Å². The molecular formula is C72H136NO8P. The van der Waals surface area contributed by atoms with Crippen LogP contribution in [0.5, 0.6) is 0 Å². The summed E-state index contributed by atoms with van der Waals surface area (Å²) in [5.74, 6) is -0.822. The van der Waals surface area contributed by atoms with E-state index in [0.717, 1.165) is 57.8 Å². The van der Waals surface area contributed by atoms with Crippen molar-refractivity contribution in [2.24, 2.45) is 0 Å². The summed E-state index contributed by atoms with van der Waals surface area (Å²) in [5.41, 5.74) is 0. The van der Waals surface area contributed by atoms with Gasteiger partial charge in [0, 0.05) is 12.8 Å². The molecule has 0 fully saturated rings. The van der Waals surface area contributed by atoms with Gasteiger partial charge in [-0.05, 0) is 77.0 Å². The number of phosphoric ester groups is 1. The summed E-state index contributed by atoms with van der Waals surface area (Å²) >= 11 is 0. The average molecular weight is 1170 g/mol. The number of likely N-dealkylation sites (N-methyl/N-ethyl adjacent to an activating group) is 1. The number of carbonyl (C=O) groups excluding carboxylic acids is 2. The molecule has 0 spiro atoms. The molecular weight excluding hydrogens is 1040 g/mol. The summed E-state index contributed by atoms with van der Waals surface area (Å²) in [6.45, 7) is 4.27. The summed E-state index contributed by atoms with van der Waals surface area (Å²) in [4.78, 5) is 38.0. The first kappa shape index (κ1) is 80.0. The number of quaternary nitrogens is 1. The third-order valence-corrected chi connectivity index (χ3v) is 16.8. The van der Waals surface area contributed by atoms with E-state index in [0.29, 0.717) is 17.4 Å². The summed E-state index contributed by atoms with van der Waals surface area (Å²) < 4.78 is 34.3. The normalized spacial score (nSPS) is 13.4. The molecule has 2 unspecified atom stereocenters. The molecule has 82 heavy (non-hydrogen) atoms. The number of esters is 2. The maximum absolute atomic E-state index is 12.8. The number of hydrogen-bond donors (Lipinski definition) is 0. The second-order valence-corrected chi connectivity index (χ2v) is 26.7. The van der Waals surface area contributed by atoms with E-state index in [1.807, 2.05) is 21.1 Å². The molecule has 0 aliphatic carbocycles. The molecule has 0 aliphatic heterocycles. The molecule has 0 amide bonds. The molecule has 2 atom stereocenters. The highest BCUT2D eigenvalue weighted by atomic mass is 31.2. The molecule has 482 valence electrons. The number of nitrogens with zero attached hydrogens (tertiary/aromatic N) is 1. The molecule has 9 nitrogen and oxygen atoms in total. The number of hydrogen-bond acceptors (Lipinski definition) is 8. The quantitative estimate of drug-likeness (QED) is 0.0195. The Balaban J connectivity index is 3.88. The van der Waals surface area contributed by atoms with Gasteiger partial charge >= 0.3 is 11.9 Å². The van der Waals surface area contributed by atoms with Crippen LogP contribution in [-0.4, -0.2) is 70.0 Å². The summed E-state index contributed by atoms with van der Waals surface area (Å²) in [5, 5.41) is 0. The van der Waals surface area contributed by atoms with Gasteiger partial charge in [-0.1, -0.05) is 306 Å². The number of unbranched alkanes of at least 4 members (excludes halogenated alkanes) is 44. The first-order valence-electron chi connectivity index (χ1n) is 35.3. The number of carbonyl (C=O) groups is 2. The van der Waals surface area contributed by atoms with Crippen LogP contribution in [0.2, 0.25) is 0 Å². The topological polar surface area (TPSA) is 111 Å². The van der Waals surface area contributed by atoms with Crippen molar-refractivity contribution in [3.8, 4) is 0 Å². The Morgan fingerprint density at radius 3 is 0.988 bits per heavy atom. The Hall–Kier alpha value is -2.03. The Morgan fingerprint density at radius 1 is 0.378 bits per heavy atom. The molecule has 0 radical (unpaired) electrons. The van der Waals surface area contributed by atoms with Crippen molar-refractivity contribution in [1.82, 2.24) is 0 Å². The van der Waals surface area contributed by atoms with Gasteiger partial charge in [-0.2, -0.15) is 0 Å². The van der Waals surface area contributed by atoms with Crippen molar-refractivity contribution in [1.29, 1.82) is 0 Å². The predicted octanol–water partition coefficient (Wildman–Crippen LogP) is 22.2. The summed E-state index contributed by atoms with van der Waals surface area (Å²) in [7, 11) is 1.18. The standard InChI is InChI=1S/C72H136NO8P/c1-6-8-10-12-14-16-18-20-22-24-25-26-27-28-29-30-31-32-33-34-35-36-37-38-39-40-41-42-43-44-45-46-47-49-51-53-55-57-59-61-63-65-72(75)81-70(69-80-82(76,77)79-67-66-73(3,4)5)68-78-71(74)64-62-60-58-56-54-52-50-48-23-21-19-17-15-13-11-9-7-2/h18,20-21,23-25,27-28,70H,6-17,19,22,26,29-69H2,1-5H3/b20-18-,23-21-,25-24-,28-27-. The van der Waals surface area contributed by atoms with Gasteiger partial charge in [0.2, 0.25) is 0 Å². The lowest BCUT2D eigenvalue weighted by molar-refractivity contribution is -0.870. The lowest BCUT2D eigenvalue weighted by Gasteiger charge is -2.28. The minimum absolute atomic E-state index is 0.0294. The molecule has 0 N–H and O–H groups in total. The maximum Gasteiger partial charge on any atom is 0.306 e. The van der Waals surface area contributed by atoms with Crippen molar-refractivity contribution in [3.05, 3.63) is 48.6 Å². The third kappa shape index (κ3) is 67.1. The Bertz CT molecular complexity index is 1520. The number of phosphoric acid groups is 1. The van der Waals surface area contributed by atoms with Crippen molar-refractivity contribution in [2.75, 3.05) is 47.5 Å². The van der Waals surface area contributed by atoms with E-state index in [9.17, 15) is 19.0 Å². The van der Waals surface area contributed by atoms with Crippen LogP contribution in [-0.2, 0) is 32.7 Å². The number of rotatable bonds is 66. The Labute approximate surface area is 509 Å². The van der Waals surface area contributed by atoms with Crippen molar-refractivity contribution >= 4 is 19.8 Å². The maximum atomic E-state index is 12.8. The summed E-state index contributed by atoms with van der Waals surface area (Å²) in [6.07, 6.45) is 82.1. The minimum Gasteiger partial charge on any atom is -0.756 e. The zero-order valence-electron chi connectivity index (χ0n) is 55.0. The highest BCUT2D eigenvalue weighted by Crippen LogP contribution is 2.38. The SMILES string of the molecule is CCCCCCC/C=C\C/C=C\C/C=C\CCCCCCCCCCCCCCCCCCCCCCCCCCCCC(=O)OC(COC(=O)CCCCCCCCC/C=C\CCCCCCCC)COP(=O)([O-])OCC[N+](C)(C)C. The van der Waals surface area contributed by atoms with Gasteiger partial charge in [0.15, 0.2) is 6.10 Å². The molecule has 10 heteroatoms. The van der Waals surface area contributed by atoms with E-state index in [1.165, 1.54) is 257 Å². The van der Waals surface area contributed by atoms with Crippen LogP contribution in [0.25, 0.3) is 0 Å². The van der Waals surface area contributed by atoms with Gasteiger partial charge < -0.3 is 27.9 Å². The van der Waals surface area contributed by atoms with E-state index in [2.05, 4.69) is 62.5 Å². The van der Waals surface area contributed by atoms with Crippen LogP contribution in [0.4, 0.5) is 0 Å². The van der Waals surface area contributed by atoms with Gasteiger partial charge in [0.1, 0.15) is 19.8 Å². The van der Waals surface area contributed by atoms with Crippen LogP contribution in [0.15, 0.2) is 48.6 Å². The van der Waals surface area contributed by atoms with E-state index in [1.54, 1.807) is 0 Å². The molecule has 0 rings (SSSR count). The zero-order valence-corrected chi connectivity index (χ0v) is 55.8. The zero-order chi connectivity index (χ0) is 59.8. The molecule has 0 aromatic heterocycles. The number of ether oxygens (including phenoxy) is 2. The fraction of sp³-hybridized carbons (Fsp3) is 0.861. The van der Waals surface area contributed by atoms with Crippen LogP contribution in [0.1, 0.15) is 348 Å². The molecule has 0 heterocycles. The van der Waals surface area contributed by atoms with Gasteiger partial charge in [-0.3, -0.25) is 14.2 Å². The van der Waals surface area contributed by atoms with Gasteiger partial charge in [-0.15, -0.1) is 0 Å². The largest absolute Gasteiger partial charge is 0.756 e. The second-order valence-electron chi connectivity index (χ2n) is 25.2. The first-order valence-corrected chi connectivity index (χ1v) is 36.8. The Morgan fingerprint density at radius 2 is 0.659 bits per heavy atom. The summed E-state index contributed by atoms with van der Waals surface area (Å²) in [6, 6.07) is 0. The highest BCUT2D eigenvalue weighted by molar-refractivity contribution is 7.45. The predicted molar refractivity (Wildman–Crippen MR) is 351 cm³/mol.